The summed E-state index contributed by atoms with van der Waals surface area (Å²) < 4.78 is 5.27. The summed E-state index contributed by atoms with van der Waals surface area (Å²) in [5, 5.41) is 10.3. The number of likely N-dealkylation sites (tertiary alicyclic amines) is 1. The van der Waals surface area contributed by atoms with Crippen LogP contribution in [0.5, 0.6) is 0 Å². The molecule has 2 rings (SSSR count). The van der Waals surface area contributed by atoms with E-state index in [0.717, 1.165) is 5.56 Å². The second kappa shape index (κ2) is 6.76. The number of aliphatic hydroxyl groups is 1. The first kappa shape index (κ1) is 15.6. The molecule has 1 N–H and O–H groups in total. The van der Waals surface area contributed by atoms with E-state index in [-0.39, 0.29) is 31.1 Å². The van der Waals surface area contributed by atoms with Gasteiger partial charge < -0.3 is 14.7 Å². The van der Waals surface area contributed by atoms with Crippen LogP contribution in [0.2, 0.25) is 10.0 Å². The predicted octanol–water partition coefficient (Wildman–Crippen LogP) is 2.14. The van der Waals surface area contributed by atoms with Crippen molar-refractivity contribution in [3.8, 4) is 0 Å². The largest absolute Gasteiger partial charge is 0.394 e. The second-order valence-corrected chi connectivity index (χ2v) is 5.72. The van der Waals surface area contributed by atoms with Gasteiger partial charge in [-0.2, -0.15) is 0 Å². The summed E-state index contributed by atoms with van der Waals surface area (Å²) in [5.41, 5.74) is 0.807. The zero-order valence-electron chi connectivity index (χ0n) is 11.2. The summed E-state index contributed by atoms with van der Waals surface area (Å²) in [4.78, 5) is 14.0. The van der Waals surface area contributed by atoms with Gasteiger partial charge in [0.15, 0.2) is 0 Å². The van der Waals surface area contributed by atoms with Crippen LogP contribution in [0.1, 0.15) is 12.0 Å². The van der Waals surface area contributed by atoms with Gasteiger partial charge in [-0.05, 0) is 24.1 Å². The average Bonchev–Trinajstić information content (AvgIpc) is 2.86. The number of hydrogen-bond acceptors (Lipinski definition) is 3. The summed E-state index contributed by atoms with van der Waals surface area (Å²) in [6.45, 7) is 0.467. The number of carbonyl (C=O) groups is 1. The second-order valence-electron chi connectivity index (χ2n) is 4.90. The van der Waals surface area contributed by atoms with Gasteiger partial charge in [0.1, 0.15) is 0 Å². The lowest BCUT2D eigenvalue weighted by Gasteiger charge is -2.22. The Balaban J connectivity index is 2.05. The van der Waals surface area contributed by atoms with Crippen LogP contribution in [0.4, 0.5) is 0 Å². The minimum Gasteiger partial charge on any atom is -0.394 e. The van der Waals surface area contributed by atoms with Crippen molar-refractivity contribution in [2.24, 2.45) is 0 Å². The van der Waals surface area contributed by atoms with Crippen molar-refractivity contribution in [3.05, 3.63) is 33.8 Å². The summed E-state index contributed by atoms with van der Waals surface area (Å²) in [6.07, 6.45) is 0.897. The van der Waals surface area contributed by atoms with Crippen LogP contribution in [0.15, 0.2) is 18.2 Å². The van der Waals surface area contributed by atoms with Gasteiger partial charge in [-0.1, -0.05) is 29.3 Å². The maximum atomic E-state index is 12.3. The minimum atomic E-state index is -0.171. The molecule has 0 saturated carbocycles. The smallest absolute Gasteiger partial charge is 0.227 e. The number of aliphatic hydroxyl groups excluding tert-OH is 1. The molecule has 1 aliphatic heterocycles. The lowest BCUT2D eigenvalue weighted by molar-refractivity contribution is -0.132. The van der Waals surface area contributed by atoms with Gasteiger partial charge in [-0.15, -0.1) is 0 Å². The SMILES string of the molecule is CO[C@H]1C[C@@H](CO)N(C(=O)Cc2ccc(Cl)c(Cl)c2)C1. The highest BCUT2D eigenvalue weighted by atomic mass is 35.5. The number of nitrogens with zero attached hydrogens (tertiary/aromatic N) is 1. The number of hydrogen-bond donors (Lipinski definition) is 1. The predicted molar refractivity (Wildman–Crippen MR) is 78.2 cm³/mol. The number of rotatable bonds is 4. The van der Waals surface area contributed by atoms with Crippen molar-refractivity contribution in [1.29, 1.82) is 0 Å². The maximum absolute atomic E-state index is 12.3. The fourth-order valence-corrected chi connectivity index (χ4v) is 2.77. The molecule has 4 nitrogen and oxygen atoms in total. The first-order chi connectivity index (χ1) is 9.55. The zero-order valence-corrected chi connectivity index (χ0v) is 12.7. The highest BCUT2D eigenvalue weighted by Crippen LogP contribution is 2.24. The van der Waals surface area contributed by atoms with E-state index in [4.69, 9.17) is 27.9 Å². The molecule has 110 valence electrons. The maximum Gasteiger partial charge on any atom is 0.227 e. The fourth-order valence-electron chi connectivity index (χ4n) is 2.45. The van der Waals surface area contributed by atoms with E-state index < -0.39 is 0 Å². The van der Waals surface area contributed by atoms with Crippen molar-refractivity contribution >= 4 is 29.1 Å². The molecule has 0 unspecified atom stereocenters. The number of halogens is 2. The molecule has 6 heteroatoms. The Morgan fingerprint density at radius 2 is 2.20 bits per heavy atom. The Morgan fingerprint density at radius 1 is 1.45 bits per heavy atom. The summed E-state index contributed by atoms with van der Waals surface area (Å²) >= 11 is 11.8. The van der Waals surface area contributed by atoms with Crippen LogP contribution in [-0.2, 0) is 16.0 Å². The molecule has 1 heterocycles. The standard InChI is InChI=1S/C14H17Cl2NO3/c1-20-11-6-10(8-18)17(7-11)14(19)5-9-2-3-12(15)13(16)4-9/h2-4,10-11,18H,5-8H2,1H3/t10-,11-/m0/s1. The monoisotopic (exact) mass is 317 g/mol. The summed E-state index contributed by atoms with van der Waals surface area (Å²) in [6, 6.07) is 4.98. The minimum absolute atomic E-state index is 0.00935. The molecule has 1 aromatic carbocycles. The van der Waals surface area contributed by atoms with Crippen molar-refractivity contribution in [3.63, 3.8) is 0 Å². The van der Waals surface area contributed by atoms with Gasteiger partial charge in [0.2, 0.25) is 5.91 Å². The first-order valence-electron chi connectivity index (χ1n) is 6.42. The van der Waals surface area contributed by atoms with Gasteiger partial charge >= 0.3 is 0 Å². The van der Waals surface area contributed by atoms with Crippen molar-refractivity contribution in [2.75, 3.05) is 20.3 Å². The number of benzene rings is 1. The molecule has 1 amide bonds. The van der Waals surface area contributed by atoms with Crippen LogP contribution in [-0.4, -0.2) is 48.3 Å². The Labute approximate surface area is 128 Å². The number of amides is 1. The molecule has 0 aromatic heterocycles. The molecule has 0 bridgehead atoms. The molecule has 20 heavy (non-hydrogen) atoms. The van der Waals surface area contributed by atoms with Gasteiger partial charge in [-0.25, -0.2) is 0 Å². The van der Waals surface area contributed by atoms with Gasteiger partial charge in [0, 0.05) is 13.7 Å². The van der Waals surface area contributed by atoms with Crippen LogP contribution in [0, 0.1) is 0 Å². The Hall–Kier alpha value is -0.810. The van der Waals surface area contributed by atoms with Gasteiger partial charge in [-0.3, -0.25) is 4.79 Å². The number of methoxy groups -OCH3 is 1. The topological polar surface area (TPSA) is 49.8 Å². The van der Waals surface area contributed by atoms with Crippen LogP contribution >= 0.6 is 23.2 Å². The molecule has 1 aliphatic rings. The van der Waals surface area contributed by atoms with E-state index in [0.29, 0.717) is 23.0 Å². The first-order valence-corrected chi connectivity index (χ1v) is 7.17. The molecule has 1 aromatic rings. The summed E-state index contributed by atoms with van der Waals surface area (Å²) in [7, 11) is 1.62. The quantitative estimate of drug-likeness (QED) is 0.925. The van der Waals surface area contributed by atoms with Crippen LogP contribution in [0.3, 0.4) is 0 Å². The van der Waals surface area contributed by atoms with E-state index in [2.05, 4.69) is 0 Å². The number of ether oxygens (including phenoxy) is 1. The normalized spacial score (nSPS) is 22.3. The lowest BCUT2D eigenvalue weighted by atomic mass is 10.1. The van der Waals surface area contributed by atoms with Crippen LogP contribution in [0.25, 0.3) is 0 Å². The van der Waals surface area contributed by atoms with Crippen molar-refractivity contribution in [2.45, 2.75) is 25.0 Å². The van der Waals surface area contributed by atoms with Crippen LogP contribution < -0.4 is 0 Å². The molecule has 1 saturated heterocycles. The van der Waals surface area contributed by atoms with Gasteiger partial charge in [0.25, 0.3) is 0 Å². The van der Waals surface area contributed by atoms with E-state index in [9.17, 15) is 9.90 Å². The lowest BCUT2D eigenvalue weighted by Crippen LogP contribution is -2.39. The van der Waals surface area contributed by atoms with Gasteiger partial charge in [0.05, 0.1) is 35.2 Å². The molecule has 0 radical (unpaired) electrons. The molecular formula is C14H17Cl2NO3. The third-order valence-corrected chi connectivity index (χ3v) is 4.32. The molecule has 0 spiro atoms. The Kier molecular flexibility index (Phi) is 5.27. The number of carbonyl (C=O) groups excluding carboxylic acids is 1. The van der Waals surface area contributed by atoms with Crippen molar-refractivity contribution < 1.29 is 14.6 Å². The van der Waals surface area contributed by atoms with E-state index in [1.165, 1.54) is 0 Å². The van der Waals surface area contributed by atoms with Crippen molar-refractivity contribution in [1.82, 2.24) is 4.90 Å². The Morgan fingerprint density at radius 3 is 2.80 bits per heavy atom. The Bertz CT molecular complexity index is 495. The zero-order chi connectivity index (χ0) is 14.7. The third-order valence-electron chi connectivity index (χ3n) is 3.58. The van der Waals surface area contributed by atoms with E-state index in [1.807, 2.05) is 0 Å². The van der Waals surface area contributed by atoms with E-state index >= 15 is 0 Å². The highest BCUT2D eigenvalue weighted by molar-refractivity contribution is 6.42. The van der Waals surface area contributed by atoms with E-state index in [1.54, 1.807) is 30.2 Å². The third kappa shape index (κ3) is 3.44. The molecule has 0 aliphatic carbocycles. The highest BCUT2D eigenvalue weighted by Gasteiger charge is 2.34. The fraction of sp³-hybridized carbons (Fsp3) is 0.500. The molecule has 1 fully saturated rings. The average molecular weight is 318 g/mol. The molecule has 2 atom stereocenters. The summed E-state index contributed by atoms with van der Waals surface area (Å²) in [5.74, 6) is -0.0398. The molecular weight excluding hydrogens is 301 g/mol.